The van der Waals surface area contributed by atoms with E-state index in [0.29, 0.717) is 10.8 Å². The lowest BCUT2D eigenvalue weighted by molar-refractivity contribution is 0.0920. The van der Waals surface area contributed by atoms with Gasteiger partial charge in [-0.3, -0.25) is 9.59 Å². The van der Waals surface area contributed by atoms with Crippen molar-refractivity contribution in [2.45, 2.75) is 13.0 Å². The molecule has 0 radical (unpaired) electrons. The minimum absolute atomic E-state index is 0.133. The molecule has 6 heteroatoms. The molecule has 18 heavy (non-hydrogen) atoms. The first-order chi connectivity index (χ1) is 8.59. The first-order valence-electron chi connectivity index (χ1n) is 5.53. The second kappa shape index (κ2) is 4.97. The summed E-state index contributed by atoms with van der Waals surface area (Å²) in [5.41, 5.74) is -0.191. The Morgan fingerprint density at radius 3 is 2.78 bits per heavy atom. The Bertz CT molecular complexity index is 634. The standard InChI is InChI=1S/C12H13N3O3/c1-7(16)6-13-12(18)10-8-4-2-3-5-9(8)11(17)15-14-10/h2-5,7,16H,6H2,1H3,(H,13,18)(H,15,17)/t7-/m1/s1. The molecule has 0 aliphatic heterocycles. The van der Waals surface area contributed by atoms with Crippen LogP contribution in [-0.2, 0) is 0 Å². The van der Waals surface area contributed by atoms with E-state index in [4.69, 9.17) is 5.11 Å². The van der Waals surface area contributed by atoms with Gasteiger partial charge in [-0.05, 0) is 13.0 Å². The van der Waals surface area contributed by atoms with Crippen LogP contribution in [0.2, 0.25) is 0 Å². The number of carbonyl (C=O) groups excluding carboxylic acids is 1. The minimum atomic E-state index is -0.636. The summed E-state index contributed by atoms with van der Waals surface area (Å²) >= 11 is 0. The molecule has 1 atom stereocenters. The summed E-state index contributed by atoms with van der Waals surface area (Å²) < 4.78 is 0. The lowest BCUT2D eigenvalue weighted by Gasteiger charge is -2.07. The third-order valence-corrected chi connectivity index (χ3v) is 2.47. The van der Waals surface area contributed by atoms with Gasteiger partial charge in [0.2, 0.25) is 0 Å². The quantitative estimate of drug-likeness (QED) is 0.713. The smallest absolute Gasteiger partial charge is 0.272 e. The van der Waals surface area contributed by atoms with E-state index >= 15 is 0 Å². The van der Waals surface area contributed by atoms with E-state index in [1.807, 2.05) is 0 Å². The zero-order valence-corrected chi connectivity index (χ0v) is 9.80. The van der Waals surface area contributed by atoms with Crippen LogP contribution in [-0.4, -0.2) is 33.9 Å². The number of hydrogen-bond donors (Lipinski definition) is 3. The van der Waals surface area contributed by atoms with E-state index in [-0.39, 0.29) is 17.8 Å². The predicted octanol–water partition coefficient (Wildman–Crippen LogP) is 0.0337. The summed E-state index contributed by atoms with van der Waals surface area (Å²) in [6, 6.07) is 6.74. The van der Waals surface area contributed by atoms with Crippen molar-refractivity contribution < 1.29 is 9.90 Å². The summed E-state index contributed by atoms with van der Waals surface area (Å²) in [6.45, 7) is 1.70. The van der Waals surface area contributed by atoms with Gasteiger partial charge in [-0.15, -0.1) is 0 Å². The second-order valence-electron chi connectivity index (χ2n) is 4.01. The Morgan fingerprint density at radius 1 is 1.44 bits per heavy atom. The van der Waals surface area contributed by atoms with Gasteiger partial charge in [-0.2, -0.15) is 5.10 Å². The van der Waals surface area contributed by atoms with E-state index in [9.17, 15) is 9.59 Å². The fourth-order valence-electron chi connectivity index (χ4n) is 1.61. The number of benzene rings is 1. The predicted molar refractivity (Wildman–Crippen MR) is 66.4 cm³/mol. The molecular formula is C12H13N3O3. The highest BCUT2D eigenvalue weighted by Crippen LogP contribution is 2.11. The number of rotatable bonds is 3. The fourth-order valence-corrected chi connectivity index (χ4v) is 1.61. The summed E-state index contributed by atoms with van der Waals surface area (Å²) in [6.07, 6.45) is -0.636. The van der Waals surface area contributed by atoms with Gasteiger partial charge in [0.1, 0.15) is 0 Å². The van der Waals surface area contributed by atoms with Gasteiger partial charge in [0.05, 0.1) is 11.5 Å². The minimum Gasteiger partial charge on any atom is -0.392 e. The van der Waals surface area contributed by atoms with Crippen LogP contribution in [0.3, 0.4) is 0 Å². The van der Waals surface area contributed by atoms with Gasteiger partial charge in [0.15, 0.2) is 5.69 Å². The molecular weight excluding hydrogens is 234 g/mol. The summed E-state index contributed by atoms with van der Waals surface area (Å²) in [5.74, 6) is -0.427. The molecule has 2 rings (SSSR count). The highest BCUT2D eigenvalue weighted by molar-refractivity contribution is 6.04. The summed E-state index contributed by atoms with van der Waals surface area (Å²) in [7, 11) is 0. The number of nitrogens with one attached hydrogen (secondary N) is 2. The van der Waals surface area contributed by atoms with Crippen molar-refractivity contribution in [3.05, 3.63) is 40.3 Å². The van der Waals surface area contributed by atoms with Gasteiger partial charge in [0.25, 0.3) is 11.5 Å². The van der Waals surface area contributed by atoms with Crippen molar-refractivity contribution >= 4 is 16.7 Å². The third kappa shape index (κ3) is 2.38. The average molecular weight is 247 g/mol. The van der Waals surface area contributed by atoms with Crippen molar-refractivity contribution in [3.63, 3.8) is 0 Å². The van der Waals surface area contributed by atoms with E-state index in [1.165, 1.54) is 0 Å². The van der Waals surface area contributed by atoms with E-state index in [0.717, 1.165) is 0 Å². The number of aromatic amines is 1. The number of nitrogens with zero attached hydrogens (tertiary/aromatic N) is 1. The molecule has 0 fully saturated rings. The summed E-state index contributed by atoms with van der Waals surface area (Å²) in [4.78, 5) is 23.4. The topological polar surface area (TPSA) is 95.1 Å². The number of aliphatic hydroxyl groups excluding tert-OH is 1. The lowest BCUT2D eigenvalue weighted by Crippen LogP contribution is -2.32. The van der Waals surface area contributed by atoms with Crippen LogP contribution in [0.15, 0.2) is 29.1 Å². The molecule has 94 valence electrons. The molecule has 0 aliphatic carbocycles. The third-order valence-electron chi connectivity index (χ3n) is 2.47. The molecule has 0 unspecified atom stereocenters. The number of H-pyrrole nitrogens is 1. The van der Waals surface area contributed by atoms with Gasteiger partial charge in [0, 0.05) is 11.9 Å². The van der Waals surface area contributed by atoms with Crippen LogP contribution in [0.25, 0.3) is 10.8 Å². The number of fused-ring (bicyclic) bond motifs is 1. The van der Waals surface area contributed by atoms with Gasteiger partial charge >= 0.3 is 0 Å². The van der Waals surface area contributed by atoms with Crippen molar-refractivity contribution in [2.24, 2.45) is 0 Å². The Balaban J connectivity index is 2.43. The van der Waals surface area contributed by atoms with Crippen LogP contribution >= 0.6 is 0 Å². The molecule has 0 saturated heterocycles. The van der Waals surface area contributed by atoms with E-state index in [1.54, 1.807) is 31.2 Å². The van der Waals surface area contributed by atoms with E-state index < -0.39 is 12.0 Å². The Morgan fingerprint density at radius 2 is 2.11 bits per heavy atom. The van der Waals surface area contributed by atoms with Crippen molar-refractivity contribution in [1.82, 2.24) is 15.5 Å². The molecule has 0 aliphatic rings. The van der Waals surface area contributed by atoms with Gasteiger partial charge in [-0.25, -0.2) is 5.10 Å². The van der Waals surface area contributed by atoms with Crippen LogP contribution < -0.4 is 10.9 Å². The maximum absolute atomic E-state index is 11.9. The van der Waals surface area contributed by atoms with Crippen molar-refractivity contribution in [2.75, 3.05) is 6.54 Å². The highest BCUT2D eigenvalue weighted by atomic mass is 16.3. The molecule has 0 bridgehead atoms. The largest absolute Gasteiger partial charge is 0.392 e. The zero-order valence-electron chi connectivity index (χ0n) is 9.80. The highest BCUT2D eigenvalue weighted by Gasteiger charge is 2.13. The number of aromatic nitrogens is 2. The zero-order chi connectivity index (χ0) is 13.1. The molecule has 1 aromatic carbocycles. The van der Waals surface area contributed by atoms with Crippen LogP contribution in [0.4, 0.5) is 0 Å². The van der Waals surface area contributed by atoms with E-state index in [2.05, 4.69) is 15.5 Å². The molecule has 1 aromatic heterocycles. The maximum Gasteiger partial charge on any atom is 0.272 e. The molecule has 3 N–H and O–H groups in total. The Hall–Kier alpha value is -2.21. The maximum atomic E-state index is 11.9. The summed E-state index contributed by atoms with van der Waals surface area (Å²) in [5, 5.41) is 18.6. The Labute approximate surface area is 103 Å². The lowest BCUT2D eigenvalue weighted by atomic mass is 10.1. The van der Waals surface area contributed by atoms with Crippen molar-refractivity contribution in [3.8, 4) is 0 Å². The number of amides is 1. The molecule has 0 saturated carbocycles. The van der Waals surface area contributed by atoms with Gasteiger partial charge in [-0.1, -0.05) is 18.2 Å². The van der Waals surface area contributed by atoms with Crippen LogP contribution in [0, 0.1) is 0 Å². The Kier molecular flexibility index (Phi) is 3.38. The first kappa shape index (κ1) is 12.3. The SMILES string of the molecule is C[C@@H](O)CNC(=O)c1n[nH]c(=O)c2ccccc12. The number of hydrogen-bond acceptors (Lipinski definition) is 4. The number of aliphatic hydroxyl groups is 1. The van der Waals surface area contributed by atoms with Crippen molar-refractivity contribution in [1.29, 1.82) is 0 Å². The normalized spacial score (nSPS) is 12.3. The molecule has 1 amide bonds. The second-order valence-corrected chi connectivity index (χ2v) is 4.01. The fraction of sp³-hybridized carbons (Fsp3) is 0.250. The first-order valence-corrected chi connectivity index (χ1v) is 5.53. The molecule has 6 nitrogen and oxygen atoms in total. The monoisotopic (exact) mass is 247 g/mol. The molecule has 0 spiro atoms. The average Bonchev–Trinajstić information content (AvgIpc) is 2.37. The van der Waals surface area contributed by atoms with Crippen LogP contribution in [0.5, 0.6) is 0 Å². The van der Waals surface area contributed by atoms with Crippen LogP contribution in [0.1, 0.15) is 17.4 Å². The molecule has 1 heterocycles. The molecule has 2 aromatic rings. The van der Waals surface area contributed by atoms with Gasteiger partial charge < -0.3 is 10.4 Å². The number of carbonyl (C=O) groups is 1.